The van der Waals surface area contributed by atoms with Crippen molar-refractivity contribution in [1.29, 1.82) is 0 Å². The summed E-state index contributed by atoms with van der Waals surface area (Å²) in [6, 6.07) is 11.0. The van der Waals surface area contributed by atoms with E-state index >= 15 is 0 Å². The Morgan fingerprint density at radius 1 is 0.805 bits per heavy atom. The van der Waals surface area contributed by atoms with Crippen molar-refractivity contribution in [1.82, 2.24) is 16.0 Å². The number of unbranched alkanes of at least 4 members (excludes halogenated alkanes) is 1. The van der Waals surface area contributed by atoms with Gasteiger partial charge in [0.1, 0.15) is 23.9 Å². The lowest BCUT2D eigenvalue weighted by Gasteiger charge is -2.27. The van der Waals surface area contributed by atoms with E-state index < -0.39 is 47.9 Å². The largest absolute Gasteiger partial charge is 0.508 e. The molecule has 0 aliphatic carbocycles. The molecule has 0 radical (unpaired) electrons. The smallest absolute Gasteiger partial charge is 0.326 e. The Morgan fingerprint density at radius 2 is 1.34 bits per heavy atom. The van der Waals surface area contributed by atoms with Crippen LogP contribution in [0.25, 0.3) is 0 Å². The first-order valence-electron chi connectivity index (χ1n) is 14.0. The highest BCUT2D eigenvalue weighted by molar-refractivity contribution is 5.94. The number of benzene rings is 2. The lowest BCUT2D eigenvalue weighted by atomic mass is 9.97. The zero-order valence-electron chi connectivity index (χ0n) is 23.7. The van der Waals surface area contributed by atoms with E-state index in [-0.39, 0.29) is 24.5 Å². The van der Waals surface area contributed by atoms with Crippen molar-refractivity contribution in [2.45, 2.75) is 76.5 Å². The van der Waals surface area contributed by atoms with Crippen molar-refractivity contribution in [2.24, 2.45) is 17.4 Å². The van der Waals surface area contributed by atoms with Gasteiger partial charge in [0.2, 0.25) is 17.7 Å². The fourth-order valence-electron chi connectivity index (χ4n) is 4.26. The van der Waals surface area contributed by atoms with Crippen LogP contribution in [0.1, 0.15) is 50.7 Å². The number of phenols is 1. The third-order valence-corrected chi connectivity index (χ3v) is 7.01. The van der Waals surface area contributed by atoms with Crippen molar-refractivity contribution in [2.75, 3.05) is 6.54 Å². The molecule has 2 rings (SSSR count). The first-order valence-corrected chi connectivity index (χ1v) is 14.0. The number of carbonyl (C=O) groups excluding carboxylic acids is 3. The number of aliphatic carboxylic acids is 1. The molecule has 0 bridgehead atoms. The van der Waals surface area contributed by atoms with E-state index in [0.29, 0.717) is 31.4 Å². The second-order valence-electron chi connectivity index (χ2n) is 10.3. The Hall–Kier alpha value is -3.96. The molecule has 0 spiro atoms. The number of hydrogen-bond acceptors (Lipinski definition) is 7. The van der Waals surface area contributed by atoms with Crippen LogP contribution < -0.4 is 27.4 Å². The average molecular weight is 570 g/mol. The van der Waals surface area contributed by atoms with Crippen molar-refractivity contribution in [3.63, 3.8) is 0 Å². The van der Waals surface area contributed by atoms with Crippen molar-refractivity contribution < 1.29 is 29.4 Å². The number of nitrogens with one attached hydrogen (secondary N) is 3. The fourth-order valence-corrected chi connectivity index (χ4v) is 4.26. The number of aromatic hydroxyl groups is 1. The summed E-state index contributed by atoms with van der Waals surface area (Å²) in [7, 11) is 0. The molecule has 11 heteroatoms. The quantitative estimate of drug-likeness (QED) is 0.138. The van der Waals surface area contributed by atoms with Gasteiger partial charge in [0.25, 0.3) is 0 Å². The third kappa shape index (κ3) is 11.2. The Balaban J connectivity index is 2.31. The maximum absolute atomic E-state index is 13.6. The highest BCUT2D eigenvalue weighted by atomic mass is 16.4. The van der Waals surface area contributed by atoms with Crippen LogP contribution in [-0.4, -0.2) is 64.6 Å². The summed E-state index contributed by atoms with van der Waals surface area (Å²) in [6.07, 6.45) is 2.47. The molecule has 224 valence electrons. The molecular formula is C30H43N5O6. The molecule has 0 aliphatic heterocycles. The van der Waals surface area contributed by atoms with E-state index in [4.69, 9.17) is 11.5 Å². The van der Waals surface area contributed by atoms with Gasteiger partial charge in [0, 0.05) is 12.8 Å². The normalized spacial score (nSPS) is 14.6. The molecule has 2 aromatic carbocycles. The van der Waals surface area contributed by atoms with E-state index in [1.54, 1.807) is 19.1 Å². The van der Waals surface area contributed by atoms with Gasteiger partial charge in [-0.25, -0.2) is 4.79 Å². The van der Waals surface area contributed by atoms with Gasteiger partial charge in [0.05, 0.1) is 6.04 Å². The van der Waals surface area contributed by atoms with Crippen LogP contribution in [0, 0.1) is 5.92 Å². The van der Waals surface area contributed by atoms with Crippen LogP contribution in [0.15, 0.2) is 54.6 Å². The summed E-state index contributed by atoms with van der Waals surface area (Å²) in [4.78, 5) is 51.8. The van der Waals surface area contributed by atoms with Gasteiger partial charge in [0.15, 0.2) is 0 Å². The summed E-state index contributed by atoms with van der Waals surface area (Å²) in [5, 5.41) is 27.4. The molecule has 9 N–H and O–H groups in total. The highest BCUT2D eigenvalue weighted by Crippen LogP contribution is 2.14. The maximum Gasteiger partial charge on any atom is 0.326 e. The number of hydrogen-bond donors (Lipinski definition) is 7. The second-order valence-corrected chi connectivity index (χ2v) is 10.3. The van der Waals surface area contributed by atoms with E-state index in [1.807, 2.05) is 37.3 Å². The average Bonchev–Trinajstić information content (AvgIpc) is 2.96. The predicted molar refractivity (Wildman–Crippen MR) is 156 cm³/mol. The van der Waals surface area contributed by atoms with E-state index in [0.717, 1.165) is 12.0 Å². The van der Waals surface area contributed by atoms with E-state index in [9.17, 15) is 29.4 Å². The van der Waals surface area contributed by atoms with Gasteiger partial charge in [-0.1, -0.05) is 69.2 Å². The van der Waals surface area contributed by atoms with Crippen LogP contribution in [0.5, 0.6) is 5.75 Å². The molecule has 0 aliphatic rings. The highest BCUT2D eigenvalue weighted by Gasteiger charge is 2.32. The molecule has 0 saturated carbocycles. The minimum absolute atomic E-state index is 0.0231. The van der Waals surface area contributed by atoms with Gasteiger partial charge in [-0.05, 0) is 48.6 Å². The lowest BCUT2D eigenvalue weighted by Crippen LogP contribution is -2.58. The summed E-state index contributed by atoms with van der Waals surface area (Å²) in [5.74, 6) is -3.30. The Morgan fingerprint density at radius 3 is 1.88 bits per heavy atom. The minimum Gasteiger partial charge on any atom is -0.508 e. The maximum atomic E-state index is 13.6. The summed E-state index contributed by atoms with van der Waals surface area (Å²) < 4.78 is 0. The van der Waals surface area contributed by atoms with Crippen LogP contribution in [0.2, 0.25) is 0 Å². The van der Waals surface area contributed by atoms with Gasteiger partial charge < -0.3 is 37.6 Å². The summed E-state index contributed by atoms with van der Waals surface area (Å²) >= 11 is 0. The number of rotatable bonds is 17. The van der Waals surface area contributed by atoms with Crippen molar-refractivity contribution >= 4 is 23.7 Å². The Kier molecular flexibility index (Phi) is 13.8. The van der Waals surface area contributed by atoms with Gasteiger partial charge in [-0.2, -0.15) is 0 Å². The molecule has 0 saturated heterocycles. The zero-order valence-corrected chi connectivity index (χ0v) is 23.7. The fraction of sp³-hybridized carbons (Fsp3) is 0.467. The standard InChI is InChI=1S/C30H43N5O6/c1-3-19(2)26(30(40)41)35-29(39)25(18-21-12-14-22(36)15-13-21)34-28(38)24(17-20-9-5-4-6-10-20)33-27(37)23(32)11-7-8-16-31/h4-6,9-10,12-15,19,23-26,36H,3,7-8,11,16-18,31-32H2,1-2H3,(H,33,37)(H,34,38)(H,35,39)(H,40,41). The monoisotopic (exact) mass is 569 g/mol. The molecule has 41 heavy (non-hydrogen) atoms. The molecular weight excluding hydrogens is 526 g/mol. The number of phenolic OH excluding ortho intramolecular Hbond substituents is 1. The number of amides is 3. The number of nitrogens with two attached hydrogens (primary N) is 2. The van der Waals surface area contributed by atoms with E-state index in [2.05, 4.69) is 16.0 Å². The molecule has 0 heterocycles. The van der Waals surface area contributed by atoms with Crippen LogP contribution in [-0.2, 0) is 32.0 Å². The topological polar surface area (TPSA) is 197 Å². The molecule has 3 amide bonds. The summed E-state index contributed by atoms with van der Waals surface area (Å²) in [6.45, 7) is 4.02. The molecule has 0 fully saturated rings. The van der Waals surface area contributed by atoms with Crippen molar-refractivity contribution in [3.05, 3.63) is 65.7 Å². The molecule has 5 unspecified atom stereocenters. The molecule has 2 aromatic rings. The second kappa shape index (κ2) is 17.0. The lowest BCUT2D eigenvalue weighted by molar-refractivity contribution is -0.143. The van der Waals surface area contributed by atoms with E-state index in [1.165, 1.54) is 12.1 Å². The number of carbonyl (C=O) groups is 4. The van der Waals surface area contributed by atoms with Gasteiger partial charge in [-0.15, -0.1) is 0 Å². The first-order chi connectivity index (χ1) is 19.5. The third-order valence-electron chi connectivity index (χ3n) is 7.01. The van der Waals surface area contributed by atoms with Crippen LogP contribution in [0.4, 0.5) is 0 Å². The minimum atomic E-state index is -1.18. The molecule has 11 nitrogen and oxygen atoms in total. The van der Waals surface area contributed by atoms with Gasteiger partial charge >= 0.3 is 5.97 Å². The predicted octanol–water partition coefficient (Wildman–Crippen LogP) is 1.22. The molecule has 0 aromatic heterocycles. The number of carboxylic acids is 1. The number of carboxylic acid groups (broad SMARTS) is 1. The Bertz CT molecular complexity index is 1130. The molecule has 5 atom stereocenters. The van der Waals surface area contributed by atoms with Gasteiger partial charge in [-0.3, -0.25) is 14.4 Å². The SMILES string of the molecule is CCC(C)C(NC(=O)C(Cc1ccc(O)cc1)NC(=O)C(Cc1ccccc1)NC(=O)C(N)CCCCN)C(=O)O. The van der Waals surface area contributed by atoms with Crippen LogP contribution >= 0.6 is 0 Å². The summed E-state index contributed by atoms with van der Waals surface area (Å²) in [5.41, 5.74) is 13.0. The Labute approximate surface area is 241 Å². The van der Waals surface area contributed by atoms with Crippen LogP contribution in [0.3, 0.4) is 0 Å². The van der Waals surface area contributed by atoms with Crippen molar-refractivity contribution in [3.8, 4) is 5.75 Å². The first kappa shape index (κ1) is 33.2. The zero-order chi connectivity index (χ0) is 30.4.